The quantitative estimate of drug-likeness (QED) is 0.612. The molecule has 1 atom stereocenters. The van der Waals surface area contributed by atoms with E-state index in [2.05, 4.69) is 20.8 Å². The second-order valence-corrected chi connectivity index (χ2v) is 6.73. The number of rotatable bonds is 0. The first-order valence-corrected chi connectivity index (χ1v) is 5.96. The molecule has 1 fully saturated rings. The van der Waals surface area contributed by atoms with Gasteiger partial charge in [-0.1, -0.05) is 41.5 Å². The zero-order valence-electron chi connectivity index (χ0n) is 11.0. The molecule has 3 nitrogen and oxygen atoms in total. The van der Waals surface area contributed by atoms with Crippen molar-refractivity contribution in [2.24, 2.45) is 10.8 Å². The van der Waals surface area contributed by atoms with Crippen LogP contribution in [0.4, 0.5) is 0 Å². The number of thiocarbonyl (C=S) groups is 1. The highest BCUT2D eigenvalue weighted by atomic mass is 32.1. The lowest BCUT2D eigenvalue weighted by atomic mass is 9.85. The van der Waals surface area contributed by atoms with Crippen molar-refractivity contribution in [3.8, 4) is 0 Å². The summed E-state index contributed by atoms with van der Waals surface area (Å²) in [7, 11) is 0. The molecule has 1 heterocycles. The Morgan fingerprint density at radius 2 is 1.81 bits per heavy atom. The summed E-state index contributed by atoms with van der Waals surface area (Å²) in [5, 5.41) is 0.319. The molecular weight excluding hydrogens is 222 g/mol. The van der Waals surface area contributed by atoms with Gasteiger partial charge >= 0.3 is 0 Å². The Labute approximate surface area is 103 Å². The number of carbonyl (C=O) groups excluding carboxylic acids is 1. The van der Waals surface area contributed by atoms with Crippen LogP contribution >= 0.6 is 12.2 Å². The molecule has 0 spiro atoms. The van der Waals surface area contributed by atoms with Crippen LogP contribution in [0.5, 0.6) is 0 Å². The average molecular weight is 243 g/mol. The molecule has 1 aliphatic rings. The zero-order chi connectivity index (χ0) is 12.7. The lowest BCUT2D eigenvalue weighted by Crippen LogP contribution is -2.49. The van der Waals surface area contributed by atoms with Gasteiger partial charge in [-0.25, -0.2) is 0 Å². The Balaban J connectivity index is 3.00. The van der Waals surface area contributed by atoms with Crippen molar-refractivity contribution < 1.29 is 9.53 Å². The van der Waals surface area contributed by atoms with Crippen molar-refractivity contribution in [1.82, 2.24) is 4.90 Å². The summed E-state index contributed by atoms with van der Waals surface area (Å²) in [6.07, 6.45) is 0. The van der Waals surface area contributed by atoms with Gasteiger partial charge in [-0.15, -0.1) is 0 Å². The fourth-order valence-corrected chi connectivity index (χ4v) is 1.92. The summed E-state index contributed by atoms with van der Waals surface area (Å²) in [4.78, 5) is 13.9. The van der Waals surface area contributed by atoms with Crippen LogP contribution in [-0.4, -0.2) is 28.6 Å². The number of hydrogen-bond donors (Lipinski definition) is 0. The van der Waals surface area contributed by atoms with Crippen molar-refractivity contribution in [3.05, 3.63) is 0 Å². The molecule has 0 unspecified atom stereocenters. The van der Waals surface area contributed by atoms with Gasteiger partial charge in [-0.2, -0.15) is 0 Å². The summed E-state index contributed by atoms with van der Waals surface area (Å²) in [6, 6.07) is 0.0340. The van der Waals surface area contributed by atoms with E-state index in [1.807, 2.05) is 20.8 Å². The minimum atomic E-state index is -0.429. The summed E-state index contributed by atoms with van der Waals surface area (Å²) in [5.41, 5.74) is -0.456. The summed E-state index contributed by atoms with van der Waals surface area (Å²) >= 11 is 5.11. The minimum Gasteiger partial charge on any atom is -0.468 e. The molecule has 1 saturated heterocycles. The van der Waals surface area contributed by atoms with Crippen LogP contribution in [0.3, 0.4) is 0 Å². The van der Waals surface area contributed by atoms with E-state index >= 15 is 0 Å². The van der Waals surface area contributed by atoms with Crippen LogP contribution in [0.1, 0.15) is 41.5 Å². The number of amides is 1. The normalized spacial score (nSPS) is 22.2. The predicted octanol–water partition coefficient (Wildman–Crippen LogP) is 2.59. The van der Waals surface area contributed by atoms with Gasteiger partial charge in [0.1, 0.15) is 6.61 Å². The second-order valence-electron chi connectivity index (χ2n) is 6.38. The molecule has 4 heteroatoms. The highest BCUT2D eigenvalue weighted by molar-refractivity contribution is 7.80. The molecule has 92 valence electrons. The highest BCUT2D eigenvalue weighted by Crippen LogP contribution is 2.32. The molecule has 0 aromatic carbocycles. The van der Waals surface area contributed by atoms with Crippen LogP contribution in [0, 0.1) is 10.8 Å². The molecule has 0 bridgehead atoms. The molecule has 1 aliphatic heterocycles. The first-order valence-electron chi connectivity index (χ1n) is 5.55. The molecule has 1 amide bonds. The van der Waals surface area contributed by atoms with Gasteiger partial charge in [0.15, 0.2) is 0 Å². The van der Waals surface area contributed by atoms with E-state index in [0.717, 1.165) is 0 Å². The Bertz CT molecular complexity index is 312. The van der Waals surface area contributed by atoms with Gasteiger partial charge in [0.05, 0.1) is 6.04 Å². The average Bonchev–Trinajstić information content (AvgIpc) is 2.43. The molecule has 0 N–H and O–H groups in total. The van der Waals surface area contributed by atoms with Gasteiger partial charge in [0.25, 0.3) is 5.17 Å². The maximum atomic E-state index is 12.3. The molecule has 1 rings (SSSR count). The smallest absolute Gasteiger partial charge is 0.266 e. The molecule has 0 aliphatic carbocycles. The fourth-order valence-electron chi connectivity index (χ4n) is 1.64. The molecular formula is C12H21NO2S. The van der Waals surface area contributed by atoms with Crippen molar-refractivity contribution in [2.45, 2.75) is 47.6 Å². The molecule has 16 heavy (non-hydrogen) atoms. The largest absolute Gasteiger partial charge is 0.468 e. The van der Waals surface area contributed by atoms with Gasteiger partial charge in [-0.05, 0) is 17.6 Å². The van der Waals surface area contributed by atoms with Crippen LogP contribution in [0.25, 0.3) is 0 Å². The van der Waals surface area contributed by atoms with E-state index in [4.69, 9.17) is 17.0 Å². The van der Waals surface area contributed by atoms with Crippen molar-refractivity contribution in [2.75, 3.05) is 6.61 Å². The van der Waals surface area contributed by atoms with E-state index < -0.39 is 5.41 Å². The number of hydrogen-bond acceptors (Lipinski definition) is 3. The Morgan fingerprint density at radius 1 is 1.31 bits per heavy atom. The maximum Gasteiger partial charge on any atom is 0.266 e. The van der Waals surface area contributed by atoms with Gasteiger partial charge in [0.2, 0.25) is 5.91 Å². The van der Waals surface area contributed by atoms with Crippen LogP contribution in [0.2, 0.25) is 0 Å². The van der Waals surface area contributed by atoms with Crippen LogP contribution in [-0.2, 0) is 9.53 Å². The molecule has 0 saturated carbocycles. The predicted molar refractivity (Wildman–Crippen MR) is 68.1 cm³/mol. The lowest BCUT2D eigenvalue weighted by Gasteiger charge is -2.35. The standard InChI is InChI=1S/C12H21NO2S/c1-11(2,3)8-7-15-10(16)13(8)9(14)12(4,5)6/h8H,7H2,1-6H3/t8-/m1/s1. The maximum absolute atomic E-state index is 12.3. The SMILES string of the molecule is CC(C)(C)C(=O)N1C(=S)OC[C@@H]1C(C)(C)C. The van der Waals surface area contributed by atoms with Crippen LogP contribution < -0.4 is 0 Å². The van der Waals surface area contributed by atoms with E-state index in [0.29, 0.717) is 11.8 Å². The second kappa shape index (κ2) is 3.99. The van der Waals surface area contributed by atoms with E-state index in [1.54, 1.807) is 4.90 Å². The number of carbonyl (C=O) groups is 1. The van der Waals surface area contributed by atoms with Crippen molar-refractivity contribution in [3.63, 3.8) is 0 Å². The highest BCUT2D eigenvalue weighted by Gasteiger charge is 2.44. The van der Waals surface area contributed by atoms with Crippen molar-refractivity contribution >= 4 is 23.3 Å². The number of nitrogens with zero attached hydrogens (tertiary/aromatic N) is 1. The van der Waals surface area contributed by atoms with Crippen molar-refractivity contribution in [1.29, 1.82) is 0 Å². The third-order valence-electron chi connectivity index (χ3n) is 2.73. The van der Waals surface area contributed by atoms with E-state index in [1.165, 1.54) is 0 Å². The number of ether oxygens (including phenoxy) is 1. The first kappa shape index (κ1) is 13.4. The summed E-state index contributed by atoms with van der Waals surface area (Å²) in [6.45, 7) is 12.5. The minimum absolute atomic E-state index is 0.0263. The van der Waals surface area contributed by atoms with E-state index in [9.17, 15) is 4.79 Å². The van der Waals surface area contributed by atoms with Gasteiger partial charge < -0.3 is 4.74 Å². The third-order valence-corrected chi connectivity index (χ3v) is 3.05. The molecule has 0 aromatic heterocycles. The summed E-state index contributed by atoms with van der Waals surface area (Å²) < 4.78 is 5.36. The lowest BCUT2D eigenvalue weighted by molar-refractivity contribution is -0.137. The Hall–Kier alpha value is -0.640. The fraction of sp³-hybridized carbons (Fsp3) is 0.833. The monoisotopic (exact) mass is 243 g/mol. The molecule has 0 radical (unpaired) electrons. The van der Waals surface area contributed by atoms with Gasteiger partial charge in [0, 0.05) is 5.41 Å². The topological polar surface area (TPSA) is 29.5 Å². The van der Waals surface area contributed by atoms with Crippen LogP contribution in [0.15, 0.2) is 0 Å². The van der Waals surface area contributed by atoms with E-state index in [-0.39, 0.29) is 17.4 Å². The summed E-state index contributed by atoms with van der Waals surface area (Å²) in [5.74, 6) is 0.0370. The Morgan fingerprint density at radius 3 is 2.19 bits per heavy atom. The molecule has 0 aromatic rings. The Kier molecular flexibility index (Phi) is 3.34. The first-order chi connectivity index (χ1) is 7.05. The zero-order valence-corrected chi connectivity index (χ0v) is 11.8. The van der Waals surface area contributed by atoms with Gasteiger partial charge in [-0.3, -0.25) is 9.69 Å². The third kappa shape index (κ3) is 2.54.